The molecule has 0 N–H and O–H groups in total. The molecule has 0 aliphatic carbocycles. The molecule has 0 aliphatic heterocycles. The maximum absolute atomic E-state index is 6.11. The van der Waals surface area contributed by atoms with Gasteiger partial charge in [0.05, 0.1) is 0 Å². The molecule has 1 aromatic heterocycles. The van der Waals surface area contributed by atoms with E-state index < -0.39 is 0 Å². The molecule has 0 saturated heterocycles. The van der Waals surface area contributed by atoms with Crippen molar-refractivity contribution in [3.8, 4) is 0 Å². The Morgan fingerprint density at radius 2 is 2.07 bits per heavy atom. The summed E-state index contributed by atoms with van der Waals surface area (Å²) >= 11 is 11.5. The molecule has 1 heterocycles. The SMILES string of the molecule is Clc1ccccc1CC(Br)c1ccsc1. The predicted octanol–water partition coefficient (Wildman–Crippen LogP) is 5.08. The zero-order valence-electron chi connectivity index (χ0n) is 7.99. The maximum atomic E-state index is 6.11. The fourth-order valence-electron chi connectivity index (χ4n) is 1.43. The average Bonchev–Trinajstić information content (AvgIpc) is 2.74. The molecule has 0 radical (unpaired) electrons. The first-order valence-corrected chi connectivity index (χ1v) is 6.90. The molecule has 1 atom stereocenters. The van der Waals surface area contributed by atoms with E-state index in [0.717, 1.165) is 11.4 Å². The topological polar surface area (TPSA) is 0 Å². The van der Waals surface area contributed by atoms with Crippen molar-refractivity contribution in [3.63, 3.8) is 0 Å². The lowest BCUT2D eigenvalue weighted by molar-refractivity contribution is 0.955. The molecular formula is C12H10BrClS. The summed E-state index contributed by atoms with van der Waals surface area (Å²) in [6, 6.07) is 10.1. The number of alkyl halides is 1. The fraction of sp³-hybridized carbons (Fsp3) is 0.167. The van der Waals surface area contributed by atoms with Crippen LogP contribution in [0.15, 0.2) is 41.1 Å². The van der Waals surface area contributed by atoms with Crippen LogP contribution in [0.5, 0.6) is 0 Å². The molecular weight excluding hydrogens is 292 g/mol. The van der Waals surface area contributed by atoms with Crippen molar-refractivity contribution in [1.82, 2.24) is 0 Å². The Hall–Kier alpha value is -0.310. The molecule has 15 heavy (non-hydrogen) atoms. The number of rotatable bonds is 3. The zero-order valence-corrected chi connectivity index (χ0v) is 11.1. The first-order chi connectivity index (χ1) is 7.27. The third-order valence-electron chi connectivity index (χ3n) is 2.26. The number of hydrogen-bond acceptors (Lipinski definition) is 1. The summed E-state index contributed by atoms with van der Waals surface area (Å²) in [6.07, 6.45) is 0.927. The number of halogens is 2. The number of hydrogen-bond donors (Lipinski definition) is 0. The summed E-state index contributed by atoms with van der Waals surface area (Å²) in [4.78, 5) is 0.351. The molecule has 0 fully saturated rings. The fourth-order valence-corrected chi connectivity index (χ4v) is 3.16. The Morgan fingerprint density at radius 1 is 1.27 bits per heavy atom. The minimum atomic E-state index is 0.351. The van der Waals surface area contributed by atoms with E-state index in [1.807, 2.05) is 18.2 Å². The van der Waals surface area contributed by atoms with Crippen molar-refractivity contribution in [2.45, 2.75) is 11.2 Å². The Morgan fingerprint density at radius 3 is 2.73 bits per heavy atom. The summed E-state index contributed by atoms with van der Waals surface area (Å²) in [5, 5.41) is 5.10. The van der Waals surface area contributed by atoms with Crippen molar-refractivity contribution in [3.05, 3.63) is 57.2 Å². The molecule has 0 bridgehead atoms. The van der Waals surface area contributed by atoms with Gasteiger partial charge in [-0.3, -0.25) is 0 Å². The summed E-state index contributed by atoms with van der Waals surface area (Å²) in [6.45, 7) is 0. The van der Waals surface area contributed by atoms with E-state index in [-0.39, 0.29) is 0 Å². The van der Waals surface area contributed by atoms with Crippen LogP contribution in [0, 0.1) is 0 Å². The first kappa shape index (κ1) is 11.2. The Labute approximate surface area is 107 Å². The molecule has 0 aliphatic rings. The molecule has 0 spiro atoms. The van der Waals surface area contributed by atoms with E-state index in [2.05, 4.69) is 38.8 Å². The lowest BCUT2D eigenvalue weighted by Gasteiger charge is -2.09. The Balaban J connectivity index is 2.13. The van der Waals surface area contributed by atoms with Crippen LogP contribution in [-0.2, 0) is 6.42 Å². The molecule has 3 heteroatoms. The minimum absolute atomic E-state index is 0.351. The normalized spacial score (nSPS) is 12.7. The summed E-state index contributed by atoms with van der Waals surface area (Å²) in [5.74, 6) is 0. The van der Waals surface area contributed by atoms with Crippen molar-refractivity contribution in [2.75, 3.05) is 0 Å². The van der Waals surface area contributed by atoms with Gasteiger partial charge in [-0.15, -0.1) is 0 Å². The third kappa shape index (κ3) is 2.83. The van der Waals surface area contributed by atoms with E-state index in [1.165, 1.54) is 11.1 Å². The van der Waals surface area contributed by atoms with Gasteiger partial charge in [-0.25, -0.2) is 0 Å². The average molecular weight is 302 g/mol. The van der Waals surface area contributed by atoms with Crippen LogP contribution in [0.3, 0.4) is 0 Å². The highest BCUT2D eigenvalue weighted by Gasteiger charge is 2.10. The monoisotopic (exact) mass is 300 g/mol. The second kappa shape index (κ2) is 5.15. The van der Waals surface area contributed by atoms with Gasteiger partial charge in [-0.1, -0.05) is 45.7 Å². The van der Waals surface area contributed by atoms with Crippen LogP contribution < -0.4 is 0 Å². The maximum Gasteiger partial charge on any atom is 0.0444 e. The van der Waals surface area contributed by atoms with Crippen molar-refractivity contribution in [1.29, 1.82) is 0 Å². The van der Waals surface area contributed by atoms with Crippen LogP contribution >= 0.6 is 38.9 Å². The molecule has 1 aromatic carbocycles. The highest BCUT2D eigenvalue weighted by atomic mass is 79.9. The van der Waals surface area contributed by atoms with Crippen molar-refractivity contribution < 1.29 is 0 Å². The van der Waals surface area contributed by atoms with E-state index >= 15 is 0 Å². The van der Waals surface area contributed by atoms with Gasteiger partial charge in [-0.05, 0) is 40.4 Å². The van der Waals surface area contributed by atoms with E-state index in [4.69, 9.17) is 11.6 Å². The molecule has 1 unspecified atom stereocenters. The number of thiophene rings is 1. The van der Waals surface area contributed by atoms with Gasteiger partial charge >= 0.3 is 0 Å². The summed E-state index contributed by atoms with van der Waals surface area (Å²) in [7, 11) is 0. The number of benzene rings is 1. The van der Waals surface area contributed by atoms with Crippen LogP contribution in [0.2, 0.25) is 5.02 Å². The Bertz CT molecular complexity index is 425. The van der Waals surface area contributed by atoms with Gasteiger partial charge in [-0.2, -0.15) is 11.3 Å². The second-order valence-electron chi connectivity index (χ2n) is 3.32. The van der Waals surface area contributed by atoms with Gasteiger partial charge in [0.15, 0.2) is 0 Å². The molecule has 2 aromatic rings. The summed E-state index contributed by atoms with van der Waals surface area (Å²) in [5.41, 5.74) is 2.51. The molecule has 78 valence electrons. The minimum Gasteiger partial charge on any atom is -0.152 e. The largest absolute Gasteiger partial charge is 0.152 e. The van der Waals surface area contributed by atoms with Crippen LogP contribution in [0.1, 0.15) is 16.0 Å². The lowest BCUT2D eigenvalue weighted by Crippen LogP contribution is -1.94. The van der Waals surface area contributed by atoms with Crippen molar-refractivity contribution in [2.24, 2.45) is 0 Å². The van der Waals surface area contributed by atoms with Gasteiger partial charge in [0.2, 0.25) is 0 Å². The summed E-state index contributed by atoms with van der Waals surface area (Å²) < 4.78 is 0. The van der Waals surface area contributed by atoms with Crippen LogP contribution in [-0.4, -0.2) is 0 Å². The smallest absolute Gasteiger partial charge is 0.0444 e. The van der Waals surface area contributed by atoms with Gasteiger partial charge in [0, 0.05) is 9.85 Å². The standard InChI is InChI=1S/C12H10BrClS/c13-11(10-5-6-15-8-10)7-9-3-1-2-4-12(9)14/h1-6,8,11H,7H2. The highest BCUT2D eigenvalue weighted by molar-refractivity contribution is 9.09. The second-order valence-corrected chi connectivity index (χ2v) is 5.61. The van der Waals surface area contributed by atoms with Gasteiger partial charge in [0.25, 0.3) is 0 Å². The highest BCUT2D eigenvalue weighted by Crippen LogP contribution is 2.30. The third-order valence-corrected chi connectivity index (χ3v) is 4.18. The zero-order chi connectivity index (χ0) is 10.7. The lowest BCUT2D eigenvalue weighted by atomic mass is 10.1. The van der Waals surface area contributed by atoms with E-state index in [9.17, 15) is 0 Å². The quantitative estimate of drug-likeness (QED) is 0.694. The van der Waals surface area contributed by atoms with Gasteiger partial charge < -0.3 is 0 Å². The van der Waals surface area contributed by atoms with Gasteiger partial charge in [0.1, 0.15) is 0 Å². The van der Waals surface area contributed by atoms with E-state index in [1.54, 1.807) is 11.3 Å². The van der Waals surface area contributed by atoms with Crippen molar-refractivity contribution >= 4 is 38.9 Å². The predicted molar refractivity (Wildman–Crippen MR) is 71.1 cm³/mol. The first-order valence-electron chi connectivity index (χ1n) is 4.67. The molecule has 0 saturated carbocycles. The van der Waals surface area contributed by atoms with Crippen LogP contribution in [0.25, 0.3) is 0 Å². The van der Waals surface area contributed by atoms with Crippen LogP contribution in [0.4, 0.5) is 0 Å². The molecule has 0 nitrogen and oxygen atoms in total. The van der Waals surface area contributed by atoms with E-state index in [0.29, 0.717) is 4.83 Å². The Kier molecular flexibility index (Phi) is 3.84. The molecule has 0 amide bonds. The molecule has 2 rings (SSSR count).